The zero-order chi connectivity index (χ0) is 13.3. The van der Waals surface area contributed by atoms with Crippen LogP contribution in [0.5, 0.6) is 0 Å². The molecule has 0 radical (unpaired) electrons. The molecule has 0 fully saturated rings. The first-order valence-corrected chi connectivity index (χ1v) is 6.37. The Bertz CT molecular complexity index is 462. The van der Waals surface area contributed by atoms with Crippen molar-refractivity contribution in [1.82, 2.24) is 0 Å². The number of nitrogens with zero attached hydrogens (tertiary/aromatic N) is 1. The Morgan fingerprint density at radius 2 is 2.06 bits per heavy atom. The summed E-state index contributed by atoms with van der Waals surface area (Å²) in [5.41, 5.74) is 5.08. The van der Waals surface area contributed by atoms with Gasteiger partial charge in [-0.05, 0) is 12.2 Å². The molecule has 0 aromatic carbocycles. The van der Waals surface area contributed by atoms with Crippen LogP contribution in [0.2, 0.25) is 0 Å². The summed E-state index contributed by atoms with van der Waals surface area (Å²) >= 11 is 0. The van der Waals surface area contributed by atoms with E-state index >= 15 is 0 Å². The molecule has 0 aromatic rings. The maximum Gasteiger partial charge on any atom is 0.184 e. The fourth-order valence-corrected chi connectivity index (χ4v) is 2.10. The van der Waals surface area contributed by atoms with Crippen molar-refractivity contribution in [3.63, 3.8) is 0 Å². The fraction of sp³-hybridized carbons (Fsp3) is 0.182. The van der Waals surface area contributed by atoms with Crippen LogP contribution in [0.4, 0.5) is 4.39 Å². The van der Waals surface area contributed by atoms with Crippen LogP contribution in [-0.2, 0) is 9.84 Å². The molecular formula is C11H15FN2O2S. The highest BCUT2D eigenvalue weighted by Crippen LogP contribution is 2.12. The van der Waals surface area contributed by atoms with Crippen molar-refractivity contribution in [2.45, 2.75) is 0 Å². The third-order valence-electron chi connectivity index (χ3n) is 1.66. The van der Waals surface area contributed by atoms with Crippen molar-refractivity contribution in [1.29, 1.82) is 0 Å². The highest BCUT2D eigenvalue weighted by atomic mass is 32.2. The van der Waals surface area contributed by atoms with E-state index in [1.807, 2.05) is 0 Å². The minimum atomic E-state index is -3.76. The van der Waals surface area contributed by atoms with Crippen molar-refractivity contribution in [3.05, 3.63) is 48.3 Å². The molecule has 0 spiro atoms. The molecule has 0 amide bonds. The molecule has 4 nitrogen and oxygen atoms in total. The molecule has 0 saturated carbocycles. The van der Waals surface area contributed by atoms with Crippen LogP contribution in [0.15, 0.2) is 53.3 Å². The number of hydrogen-bond donors (Lipinski definition) is 1. The molecule has 0 aliphatic carbocycles. The summed E-state index contributed by atoms with van der Waals surface area (Å²) in [6.45, 7) is 6.64. The number of halogens is 1. The minimum Gasteiger partial charge on any atom is -0.327 e. The van der Waals surface area contributed by atoms with Crippen LogP contribution in [0, 0.1) is 0 Å². The second-order valence-corrected chi connectivity index (χ2v) is 4.89. The van der Waals surface area contributed by atoms with Gasteiger partial charge in [-0.2, -0.15) is 0 Å². The van der Waals surface area contributed by atoms with Gasteiger partial charge in [-0.1, -0.05) is 19.2 Å². The van der Waals surface area contributed by atoms with Gasteiger partial charge in [0.1, 0.15) is 11.6 Å². The van der Waals surface area contributed by atoms with Gasteiger partial charge in [0.2, 0.25) is 0 Å². The molecule has 94 valence electrons. The van der Waals surface area contributed by atoms with Crippen LogP contribution < -0.4 is 5.73 Å². The molecule has 0 saturated heterocycles. The molecule has 0 rings (SSSR count). The summed E-state index contributed by atoms with van der Waals surface area (Å²) in [7, 11) is -3.76. The van der Waals surface area contributed by atoms with Crippen molar-refractivity contribution in [2.24, 2.45) is 10.7 Å². The average molecular weight is 258 g/mol. The van der Waals surface area contributed by atoms with E-state index in [1.54, 1.807) is 0 Å². The summed E-state index contributed by atoms with van der Waals surface area (Å²) in [6.07, 6.45) is 5.85. The average Bonchev–Trinajstić information content (AvgIpc) is 2.23. The van der Waals surface area contributed by atoms with Gasteiger partial charge in [0, 0.05) is 19.0 Å². The van der Waals surface area contributed by atoms with E-state index in [-0.39, 0.29) is 11.4 Å². The molecule has 17 heavy (non-hydrogen) atoms. The van der Waals surface area contributed by atoms with E-state index in [1.165, 1.54) is 18.5 Å². The van der Waals surface area contributed by atoms with Gasteiger partial charge >= 0.3 is 0 Å². The molecule has 0 unspecified atom stereocenters. The molecule has 0 aliphatic heterocycles. The third kappa shape index (κ3) is 5.94. The Balaban J connectivity index is 5.07. The maximum atomic E-state index is 13.1. The van der Waals surface area contributed by atoms with Crippen molar-refractivity contribution >= 4 is 16.1 Å². The van der Waals surface area contributed by atoms with Gasteiger partial charge in [0.15, 0.2) is 9.84 Å². The van der Waals surface area contributed by atoms with E-state index in [9.17, 15) is 12.8 Å². The predicted octanol–water partition coefficient (Wildman–Crippen LogP) is 1.50. The summed E-state index contributed by atoms with van der Waals surface area (Å²) < 4.78 is 36.5. The first kappa shape index (κ1) is 15.5. The van der Waals surface area contributed by atoms with Crippen molar-refractivity contribution in [2.75, 3.05) is 12.3 Å². The fourth-order valence-electron chi connectivity index (χ4n) is 0.928. The number of sulfone groups is 1. The summed E-state index contributed by atoms with van der Waals surface area (Å²) in [4.78, 5) is 3.50. The van der Waals surface area contributed by atoms with Gasteiger partial charge in [-0.15, -0.1) is 0 Å². The predicted molar refractivity (Wildman–Crippen MR) is 69.0 cm³/mol. The Labute approximate surface area is 101 Å². The highest BCUT2D eigenvalue weighted by molar-refractivity contribution is 7.95. The third-order valence-corrected chi connectivity index (χ3v) is 3.33. The van der Waals surface area contributed by atoms with Crippen LogP contribution in [0.1, 0.15) is 0 Å². The maximum absolute atomic E-state index is 13.1. The number of rotatable bonds is 7. The Hall–Kier alpha value is -1.53. The largest absolute Gasteiger partial charge is 0.327 e. The zero-order valence-corrected chi connectivity index (χ0v) is 10.2. The van der Waals surface area contributed by atoms with Gasteiger partial charge in [-0.25, -0.2) is 12.8 Å². The second kappa shape index (κ2) is 7.70. The van der Waals surface area contributed by atoms with Gasteiger partial charge in [0.05, 0.1) is 4.91 Å². The van der Waals surface area contributed by atoms with Crippen LogP contribution >= 0.6 is 0 Å². The lowest BCUT2D eigenvalue weighted by Gasteiger charge is -2.02. The Morgan fingerprint density at radius 1 is 1.41 bits per heavy atom. The Kier molecular flexibility index (Phi) is 7.00. The van der Waals surface area contributed by atoms with E-state index in [0.717, 1.165) is 12.2 Å². The molecule has 0 heterocycles. The smallest absolute Gasteiger partial charge is 0.184 e. The molecule has 6 heteroatoms. The monoisotopic (exact) mass is 258 g/mol. The van der Waals surface area contributed by atoms with Gasteiger partial charge < -0.3 is 5.73 Å². The lowest BCUT2D eigenvalue weighted by molar-refractivity contribution is 0.589. The molecule has 0 aromatic heterocycles. The first-order valence-electron chi connectivity index (χ1n) is 4.72. The van der Waals surface area contributed by atoms with Crippen LogP contribution in [0.25, 0.3) is 0 Å². The molecule has 0 bridgehead atoms. The highest BCUT2D eigenvalue weighted by Gasteiger charge is 2.16. The Morgan fingerprint density at radius 3 is 2.53 bits per heavy atom. The topological polar surface area (TPSA) is 72.5 Å². The second-order valence-electron chi connectivity index (χ2n) is 2.90. The first-order chi connectivity index (χ1) is 7.97. The van der Waals surface area contributed by atoms with E-state index in [2.05, 4.69) is 18.2 Å². The molecule has 2 N–H and O–H groups in total. The molecular weight excluding hydrogens is 243 g/mol. The van der Waals surface area contributed by atoms with E-state index < -0.39 is 21.4 Å². The van der Waals surface area contributed by atoms with E-state index in [4.69, 9.17) is 5.73 Å². The molecule has 0 atom stereocenters. The number of aliphatic imine (C=N–C) groups is 1. The van der Waals surface area contributed by atoms with Crippen LogP contribution in [-0.4, -0.2) is 26.9 Å². The van der Waals surface area contributed by atoms with Crippen molar-refractivity contribution in [3.8, 4) is 0 Å². The number of allylic oxidation sites excluding steroid dienone is 2. The lowest BCUT2D eigenvalue weighted by Crippen LogP contribution is -2.09. The van der Waals surface area contributed by atoms with Crippen LogP contribution in [0.3, 0.4) is 0 Å². The lowest BCUT2D eigenvalue weighted by atomic mass is 10.5. The quantitative estimate of drug-likeness (QED) is 0.555. The summed E-state index contributed by atoms with van der Waals surface area (Å²) in [5.74, 6) is -1.52. The van der Waals surface area contributed by atoms with Gasteiger partial charge in [-0.3, -0.25) is 4.99 Å². The van der Waals surface area contributed by atoms with Crippen molar-refractivity contribution < 1.29 is 12.8 Å². The minimum absolute atomic E-state index is 0.0492. The molecule has 0 aliphatic rings. The summed E-state index contributed by atoms with van der Waals surface area (Å²) in [6, 6.07) is 0. The van der Waals surface area contributed by atoms with Gasteiger partial charge in [0.25, 0.3) is 0 Å². The summed E-state index contributed by atoms with van der Waals surface area (Å²) in [5, 5.41) is 0. The number of nitrogens with two attached hydrogens (primary N) is 1. The van der Waals surface area contributed by atoms with E-state index in [0.29, 0.717) is 0 Å². The SMILES string of the molecule is C=C/N=C\C=C(/C=C)S(=O)(=O)C/C(F)=C/CN. The normalized spacial score (nSPS) is 14.0. The zero-order valence-electron chi connectivity index (χ0n) is 9.34. The standard InChI is InChI=1S/C11H15FN2O2S/c1-3-11(6-8-14-4-2)17(15,16)9-10(12)5-7-13/h3-6,8H,1-2,7,9,13H2/b10-5-,11-6+,14-8-. The number of hydrogen-bond acceptors (Lipinski definition) is 4.